The molecule has 2 aromatic carbocycles. The number of amides is 1. The lowest BCUT2D eigenvalue weighted by Gasteiger charge is -2.05. The Morgan fingerprint density at radius 3 is 2.54 bits per heavy atom. The van der Waals surface area contributed by atoms with Crippen molar-refractivity contribution in [2.45, 2.75) is 0 Å². The molecule has 0 aliphatic rings. The zero-order chi connectivity index (χ0) is 17.4. The number of ether oxygens (including phenoxy) is 2. The molecule has 0 aliphatic heterocycles. The number of rotatable bonds is 6. The number of benzene rings is 2. The summed E-state index contributed by atoms with van der Waals surface area (Å²) in [7, 11) is 1.31. The lowest BCUT2D eigenvalue weighted by molar-refractivity contribution is -0.123. The predicted molar refractivity (Wildman–Crippen MR) is 90.5 cm³/mol. The molecular formula is C17H15ClN2O4. The number of methoxy groups -OCH3 is 1. The van der Waals surface area contributed by atoms with Crippen LogP contribution in [0.5, 0.6) is 5.75 Å². The van der Waals surface area contributed by atoms with Gasteiger partial charge in [0.15, 0.2) is 6.61 Å². The summed E-state index contributed by atoms with van der Waals surface area (Å²) in [6.45, 7) is -0.211. The van der Waals surface area contributed by atoms with Crippen LogP contribution in [0.1, 0.15) is 15.9 Å². The van der Waals surface area contributed by atoms with E-state index in [9.17, 15) is 9.59 Å². The summed E-state index contributed by atoms with van der Waals surface area (Å²) >= 11 is 5.96. The van der Waals surface area contributed by atoms with E-state index in [1.807, 2.05) is 6.07 Å². The molecule has 0 atom stereocenters. The van der Waals surface area contributed by atoms with Crippen LogP contribution in [0, 0.1) is 0 Å². The van der Waals surface area contributed by atoms with Crippen molar-refractivity contribution >= 4 is 29.7 Å². The second-order valence-electron chi connectivity index (χ2n) is 4.62. The Balaban J connectivity index is 1.81. The van der Waals surface area contributed by atoms with Crippen LogP contribution < -0.4 is 10.2 Å². The van der Waals surface area contributed by atoms with Gasteiger partial charge in [-0.25, -0.2) is 10.2 Å². The van der Waals surface area contributed by atoms with Gasteiger partial charge in [-0.1, -0.05) is 29.8 Å². The number of carbonyl (C=O) groups excluding carboxylic acids is 2. The van der Waals surface area contributed by atoms with Gasteiger partial charge in [-0.2, -0.15) is 5.10 Å². The lowest BCUT2D eigenvalue weighted by atomic mass is 10.2. The molecule has 2 aromatic rings. The molecule has 0 saturated heterocycles. The molecule has 0 heterocycles. The van der Waals surface area contributed by atoms with Crippen molar-refractivity contribution in [3.8, 4) is 5.75 Å². The number of halogens is 1. The van der Waals surface area contributed by atoms with Crippen LogP contribution >= 0.6 is 11.6 Å². The first-order chi connectivity index (χ1) is 11.6. The molecule has 0 bridgehead atoms. The highest BCUT2D eigenvalue weighted by molar-refractivity contribution is 6.33. The third kappa shape index (κ3) is 5.10. The first-order valence-corrected chi connectivity index (χ1v) is 7.35. The van der Waals surface area contributed by atoms with Crippen molar-refractivity contribution in [1.82, 2.24) is 5.43 Å². The maximum absolute atomic E-state index is 11.7. The van der Waals surface area contributed by atoms with Gasteiger partial charge in [0.25, 0.3) is 5.91 Å². The second-order valence-corrected chi connectivity index (χ2v) is 5.03. The lowest BCUT2D eigenvalue weighted by Crippen LogP contribution is -2.24. The molecule has 0 aromatic heterocycles. The minimum absolute atomic E-state index is 0.211. The monoisotopic (exact) mass is 346 g/mol. The van der Waals surface area contributed by atoms with Crippen LogP contribution in [0.15, 0.2) is 53.6 Å². The molecule has 7 heteroatoms. The van der Waals surface area contributed by atoms with Crippen molar-refractivity contribution in [2.75, 3.05) is 13.7 Å². The van der Waals surface area contributed by atoms with Crippen molar-refractivity contribution < 1.29 is 19.1 Å². The normalized spacial score (nSPS) is 10.4. The SMILES string of the molecule is COC(=O)c1ccc(OCC(=O)N/N=C\c2ccccc2Cl)cc1. The predicted octanol–water partition coefficient (Wildman–Crippen LogP) is 2.66. The standard InChI is InChI=1S/C17H15ClN2O4/c1-23-17(22)12-6-8-14(9-7-12)24-11-16(21)20-19-10-13-4-2-3-5-15(13)18/h2-10H,11H2,1H3,(H,20,21)/b19-10-. The van der Waals surface area contributed by atoms with E-state index in [1.54, 1.807) is 42.5 Å². The van der Waals surface area contributed by atoms with Gasteiger partial charge in [-0.3, -0.25) is 4.79 Å². The molecule has 1 amide bonds. The fourth-order valence-corrected chi connectivity index (χ4v) is 1.92. The number of hydrogen-bond acceptors (Lipinski definition) is 5. The quantitative estimate of drug-likeness (QED) is 0.495. The smallest absolute Gasteiger partial charge is 0.337 e. The van der Waals surface area contributed by atoms with E-state index in [4.69, 9.17) is 16.3 Å². The maximum atomic E-state index is 11.7. The number of nitrogens with zero attached hydrogens (tertiary/aromatic N) is 1. The molecule has 0 saturated carbocycles. The molecule has 0 aliphatic carbocycles. The molecule has 2 rings (SSSR count). The maximum Gasteiger partial charge on any atom is 0.337 e. The minimum Gasteiger partial charge on any atom is -0.484 e. The van der Waals surface area contributed by atoms with Gasteiger partial charge in [0.1, 0.15) is 5.75 Å². The second kappa shape index (κ2) is 8.69. The van der Waals surface area contributed by atoms with E-state index >= 15 is 0 Å². The van der Waals surface area contributed by atoms with Crippen LogP contribution in [-0.2, 0) is 9.53 Å². The van der Waals surface area contributed by atoms with E-state index < -0.39 is 11.9 Å². The van der Waals surface area contributed by atoms with Gasteiger partial charge in [-0.15, -0.1) is 0 Å². The Bertz CT molecular complexity index is 745. The third-order valence-electron chi connectivity index (χ3n) is 2.94. The van der Waals surface area contributed by atoms with Gasteiger partial charge < -0.3 is 9.47 Å². The van der Waals surface area contributed by atoms with E-state index in [1.165, 1.54) is 13.3 Å². The third-order valence-corrected chi connectivity index (χ3v) is 3.29. The van der Waals surface area contributed by atoms with Gasteiger partial charge in [0.2, 0.25) is 0 Å². The molecule has 1 N–H and O–H groups in total. The van der Waals surface area contributed by atoms with Crippen molar-refractivity contribution in [2.24, 2.45) is 5.10 Å². The van der Waals surface area contributed by atoms with E-state index in [0.29, 0.717) is 21.9 Å². The zero-order valence-electron chi connectivity index (χ0n) is 12.9. The molecule has 0 radical (unpaired) electrons. The fourth-order valence-electron chi connectivity index (χ4n) is 1.74. The van der Waals surface area contributed by atoms with E-state index in [2.05, 4.69) is 15.3 Å². The van der Waals surface area contributed by atoms with Gasteiger partial charge in [0, 0.05) is 10.6 Å². The van der Waals surface area contributed by atoms with Crippen LogP contribution in [0.3, 0.4) is 0 Å². The van der Waals surface area contributed by atoms with E-state index in [-0.39, 0.29) is 6.61 Å². The van der Waals surface area contributed by atoms with Crippen LogP contribution in [-0.4, -0.2) is 31.8 Å². The highest BCUT2D eigenvalue weighted by atomic mass is 35.5. The van der Waals surface area contributed by atoms with Gasteiger partial charge in [0.05, 0.1) is 18.9 Å². The first kappa shape index (κ1) is 17.5. The number of carbonyl (C=O) groups is 2. The van der Waals surface area contributed by atoms with Crippen molar-refractivity contribution in [3.63, 3.8) is 0 Å². The molecule has 6 nitrogen and oxygen atoms in total. The summed E-state index contributed by atoms with van der Waals surface area (Å²) in [5, 5.41) is 4.35. The van der Waals surface area contributed by atoms with E-state index in [0.717, 1.165) is 0 Å². The Kier molecular flexibility index (Phi) is 6.33. The Labute approximate surface area is 144 Å². The summed E-state index contributed by atoms with van der Waals surface area (Å²) in [4.78, 5) is 23.0. The molecular weight excluding hydrogens is 332 g/mol. The Morgan fingerprint density at radius 1 is 1.17 bits per heavy atom. The molecule has 124 valence electrons. The number of esters is 1. The Morgan fingerprint density at radius 2 is 1.88 bits per heavy atom. The summed E-state index contributed by atoms with van der Waals surface area (Å²) in [6.07, 6.45) is 1.45. The van der Waals surface area contributed by atoms with Crippen LogP contribution in [0.2, 0.25) is 5.02 Å². The highest BCUT2D eigenvalue weighted by Gasteiger charge is 2.06. The molecule has 24 heavy (non-hydrogen) atoms. The average molecular weight is 347 g/mol. The number of hydrazone groups is 1. The summed E-state index contributed by atoms with van der Waals surface area (Å²) < 4.78 is 9.89. The summed E-state index contributed by atoms with van der Waals surface area (Å²) in [5.74, 6) is -0.406. The summed E-state index contributed by atoms with van der Waals surface area (Å²) in [6, 6.07) is 13.4. The van der Waals surface area contributed by atoms with Crippen LogP contribution in [0.4, 0.5) is 0 Å². The van der Waals surface area contributed by atoms with Crippen molar-refractivity contribution in [1.29, 1.82) is 0 Å². The van der Waals surface area contributed by atoms with Gasteiger partial charge in [-0.05, 0) is 30.3 Å². The number of hydrogen-bond donors (Lipinski definition) is 1. The minimum atomic E-state index is -0.437. The average Bonchev–Trinajstić information content (AvgIpc) is 2.61. The van der Waals surface area contributed by atoms with Crippen LogP contribution in [0.25, 0.3) is 0 Å². The van der Waals surface area contributed by atoms with Gasteiger partial charge >= 0.3 is 5.97 Å². The summed E-state index contributed by atoms with van der Waals surface area (Å²) in [5.41, 5.74) is 3.43. The highest BCUT2D eigenvalue weighted by Crippen LogP contribution is 2.13. The Hall–Kier alpha value is -2.86. The topological polar surface area (TPSA) is 77.0 Å². The zero-order valence-corrected chi connectivity index (χ0v) is 13.6. The molecule has 0 spiro atoms. The first-order valence-electron chi connectivity index (χ1n) is 6.98. The number of nitrogens with one attached hydrogen (secondary N) is 1. The molecule has 0 fully saturated rings. The largest absolute Gasteiger partial charge is 0.484 e. The van der Waals surface area contributed by atoms with Crippen molar-refractivity contribution in [3.05, 3.63) is 64.7 Å². The molecule has 0 unspecified atom stereocenters. The fraction of sp³-hybridized carbons (Fsp3) is 0.118.